The number of benzene rings is 1. The standard InChI is InChI=1S/C16H24FN/c1-11-4-6-13(10-18-3)16(8-11)15-9-14(17)7-5-12(15)2/h5,7,9,11,13,16,18H,4,6,8,10H2,1-3H3. The number of hydrogen-bond acceptors (Lipinski definition) is 1. The van der Waals surface area contributed by atoms with Crippen LogP contribution in [0.5, 0.6) is 0 Å². The lowest BCUT2D eigenvalue weighted by Gasteiger charge is -2.36. The molecule has 1 aliphatic rings. The highest BCUT2D eigenvalue weighted by atomic mass is 19.1. The molecule has 100 valence electrons. The monoisotopic (exact) mass is 249 g/mol. The minimum absolute atomic E-state index is 0.1000. The van der Waals surface area contributed by atoms with Crippen LogP contribution in [0.4, 0.5) is 4.39 Å². The third-order valence-corrected chi connectivity index (χ3v) is 4.36. The van der Waals surface area contributed by atoms with E-state index < -0.39 is 0 Å². The van der Waals surface area contributed by atoms with Crippen molar-refractivity contribution < 1.29 is 4.39 Å². The highest BCUT2D eigenvalue weighted by Crippen LogP contribution is 2.41. The van der Waals surface area contributed by atoms with Crippen molar-refractivity contribution in [1.29, 1.82) is 0 Å². The minimum Gasteiger partial charge on any atom is -0.319 e. The SMILES string of the molecule is CNCC1CCC(C)CC1c1cc(F)ccc1C. The molecule has 1 aromatic rings. The Morgan fingerprint density at radius 3 is 2.83 bits per heavy atom. The van der Waals surface area contributed by atoms with Gasteiger partial charge < -0.3 is 5.32 Å². The normalized spacial score (nSPS) is 28.3. The van der Waals surface area contributed by atoms with E-state index in [9.17, 15) is 4.39 Å². The van der Waals surface area contributed by atoms with E-state index in [1.54, 1.807) is 12.1 Å². The van der Waals surface area contributed by atoms with E-state index in [0.717, 1.165) is 12.5 Å². The Balaban J connectivity index is 2.28. The van der Waals surface area contributed by atoms with Crippen LogP contribution in [0.2, 0.25) is 0 Å². The molecule has 1 saturated carbocycles. The van der Waals surface area contributed by atoms with Crippen molar-refractivity contribution >= 4 is 0 Å². The molecule has 1 nitrogen and oxygen atoms in total. The summed E-state index contributed by atoms with van der Waals surface area (Å²) in [6, 6.07) is 5.24. The molecule has 0 aromatic heterocycles. The molecule has 0 amide bonds. The summed E-state index contributed by atoms with van der Waals surface area (Å²) in [5.41, 5.74) is 2.46. The Morgan fingerprint density at radius 1 is 1.33 bits per heavy atom. The van der Waals surface area contributed by atoms with Gasteiger partial charge in [-0.15, -0.1) is 0 Å². The molecule has 2 heteroatoms. The van der Waals surface area contributed by atoms with Crippen molar-refractivity contribution in [1.82, 2.24) is 5.32 Å². The molecular formula is C16H24FN. The van der Waals surface area contributed by atoms with E-state index in [1.165, 1.54) is 30.4 Å². The van der Waals surface area contributed by atoms with Crippen molar-refractivity contribution in [2.75, 3.05) is 13.6 Å². The summed E-state index contributed by atoms with van der Waals surface area (Å²) in [4.78, 5) is 0. The van der Waals surface area contributed by atoms with Crippen LogP contribution in [0.15, 0.2) is 18.2 Å². The molecular weight excluding hydrogens is 225 g/mol. The highest BCUT2D eigenvalue weighted by molar-refractivity contribution is 5.31. The van der Waals surface area contributed by atoms with Gasteiger partial charge in [-0.05, 0) is 74.4 Å². The average molecular weight is 249 g/mol. The third kappa shape index (κ3) is 2.92. The van der Waals surface area contributed by atoms with Crippen LogP contribution < -0.4 is 5.32 Å². The van der Waals surface area contributed by atoms with Crippen molar-refractivity contribution in [3.63, 3.8) is 0 Å². The molecule has 1 aliphatic carbocycles. The maximum absolute atomic E-state index is 13.5. The Kier molecular flexibility index (Phi) is 4.39. The molecule has 0 aliphatic heterocycles. The first-order valence-electron chi connectivity index (χ1n) is 7.02. The first-order valence-corrected chi connectivity index (χ1v) is 7.02. The summed E-state index contributed by atoms with van der Waals surface area (Å²) in [7, 11) is 2.01. The van der Waals surface area contributed by atoms with Gasteiger partial charge in [-0.1, -0.05) is 19.4 Å². The van der Waals surface area contributed by atoms with Crippen molar-refractivity contribution in [3.05, 3.63) is 35.1 Å². The van der Waals surface area contributed by atoms with Gasteiger partial charge in [0.2, 0.25) is 0 Å². The Hall–Kier alpha value is -0.890. The zero-order valence-electron chi connectivity index (χ0n) is 11.7. The number of nitrogens with one attached hydrogen (secondary N) is 1. The van der Waals surface area contributed by atoms with Gasteiger partial charge in [0.25, 0.3) is 0 Å². The quantitative estimate of drug-likeness (QED) is 0.857. The number of rotatable bonds is 3. The molecule has 0 saturated heterocycles. The lowest BCUT2D eigenvalue weighted by atomic mass is 9.70. The summed E-state index contributed by atoms with van der Waals surface area (Å²) in [5, 5.41) is 3.29. The maximum atomic E-state index is 13.5. The molecule has 3 atom stereocenters. The Morgan fingerprint density at radius 2 is 2.11 bits per heavy atom. The third-order valence-electron chi connectivity index (χ3n) is 4.36. The van der Waals surface area contributed by atoms with Crippen molar-refractivity contribution in [2.45, 2.75) is 39.0 Å². The second kappa shape index (κ2) is 5.83. The summed E-state index contributed by atoms with van der Waals surface area (Å²) in [6.07, 6.45) is 3.75. The topological polar surface area (TPSA) is 12.0 Å². The van der Waals surface area contributed by atoms with Crippen LogP contribution in [0, 0.1) is 24.6 Å². The second-order valence-electron chi connectivity index (χ2n) is 5.84. The molecule has 1 aromatic carbocycles. The predicted octanol–water partition coefficient (Wildman–Crippen LogP) is 3.87. The van der Waals surface area contributed by atoms with Crippen LogP contribution in [0.3, 0.4) is 0 Å². The van der Waals surface area contributed by atoms with Gasteiger partial charge in [-0.2, -0.15) is 0 Å². The first-order chi connectivity index (χ1) is 8.61. The first kappa shape index (κ1) is 13.5. The van der Waals surface area contributed by atoms with Crippen molar-refractivity contribution in [3.8, 4) is 0 Å². The lowest BCUT2D eigenvalue weighted by Crippen LogP contribution is -2.30. The van der Waals surface area contributed by atoms with Crippen LogP contribution in [0.1, 0.15) is 43.2 Å². The molecule has 0 radical (unpaired) electrons. The fourth-order valence-electron chi connectivity index (χ4n) is 3.34. The van der Waals surface area contributed by atoms with Crippen LogP contribution in [0.25, 0.3) is 0 Å². The zero-order chi connectivity index (χ0) is 13.1. The summed E-state index contributed by atoms with van der Waals surface area (Å²) >= 11 is 0. The van der Waals surface area contributed by atoms with Gasteiger partial charge in [-0.3, -0.25) is 0 Å². The van der Waals surface area contributed by atoms with Gasteiger partial charge in [0.15, 0.2) is 0 Å². The average Bonchev–Trinajstić information content (AvgIpc) is 2.35. The van der Waals surface area contributed by atoms with Crippen molar-refractivity contribution in [2.24, 2.45) is 11.8 Å². The van der Waals surface area contributed by atoms with E-state index in [-0.39, 0.29) is 5.82 Å². The fourth-order valence-corrected chi connectivity index (χ4v) is 3.34. The van der Waals surface area contributed by atoms with E-state index in [4.69, 9.17) is 0 Å². The smallest absolute Gasteiger partial charge is 0.123 e. The summed E-state index contributed by atoms with van der Waals surface area (Å²) < 4.78 is 13.5. The van der Waals surface area contributed by atoms with Gasteiger partial charge in [0.1, 0.15) is 5.82 Å². The Bertz CT molecular complexity index is 402. The molecule has 18 heavy (non-hydrogen) atoms. The van der Waals surface area contributed by atoms with E-state index in [1.807, 2.05) is 13.1 Å². The van der Waals surface area contributed by atoms with E-state index in [0.29, 0.717) is 11.8 Å². The molecule has 0 heterocycles. The van der Waals surface area contributed by atoms with Crippen LogP contribution in [-0.2, 0) is 0 Å². The number of halogens is 1. The minimum atomic E-state index is -0.1000. The molecule has 2 rings (SSSR count). The fraction of sp³-hybridized carbons (Fsp3) is 0.625. The molecule has 0 bridgehead atoms. The highest BCUT2D eigenvalue weighted by Gasteiger charge is 2.30. The molecule has 1 fully saturated rings. The van der Waals surface area contributed by atoms with Gasteiger partial charge >= 0.3 is 0 Å². The number of aryl methyl sites for hydroxylation is 1. The zero-order valence-corrected chi connectivity index (χ0v) is 11.7. The van der Waals surface area contributed by atoms with E-state index >= 15 is 0 Å². The molecule has 1 N–H and O–H groups in total. The van der Waals surface area contributed by atoms with E-state index in [2.05, 4.69) is 19.2 Å². The van der Waals surface area contributed by atoms with Gasteiger partial charge in [0, 0.05) is 0 Å². The lowest BCUT2D eigenvalue weighted by molar-refractivity contribution is 0.244. The summed E-state index contributed by atoms with van der Waals surface area (Å²) in [5.74, 6) is 1.81. The van der Waals surface area contributed by atoms with Gasteiger partial charge in [0.05, 0.1) is 0 Å². The second-order valence-corrected chi connectivity index (χ2v) is 5.84. The maximum Gasteiger partial charge on any atom is 0.123 e. The molecule has 3 unspecified atom stereocenters. The summed E-state index contributed by atoms with van der Waals surface area (Å²) in [6.45, 7) is 5.45. The van der Waals surface area contributed by atoms with Gasteiger partial charge in [-0.25, -0.2) is 4.39 Å². The largest absolute Gasteiger partial charge is 0.319 e. The van der Waals surface area contributed by atoms with Crippen LogP contribution in [-0.4, -0.2) is 13.6 Å². The predicted molar refractivity (Wildman–Crippen MR) is 74.3 cm³/mol. The Labute approximate surface area is 110 Å². The van der Waals surface area contributed by atoms with Crippen LogP contribution >= 0.6 is 0 Å². The number of hydrogen-bond donors (Lipinski definition) is 1. The molecule has 0 spiro atoms.